The van der Waals surface area contributed by atoms with E-state index in [9.17, 15) is 0 Å². The van der Waals surface area contributed by atoms with Crippen LogP contribution >= 0.6 is 0 Å². The quantitative estimate of drug-likeness (QED) is 0.164. The van der Waals surface area contributed by atoms with Crippen LogP contribution in [0.3, 0.4) is 0 Å². The number of hydrogen-bond donors (Lipinski definition) is 0. The summed E-state index contributed by atoms with van der Waals surface area (Å²) < 4.78 is 5.89. The molecule has 1 radical (unpaired) electrons. The van der Waals surface area contributed by atoms with Crippen molar-refractivity contribution in [1.82, 2.24) is 9.97 Å². The molecule has 0 saturated heterocycles. The van der Waals surface area contributed by atoms with E-state index in [1.165, 1.54) is 22.3 Å². The van der Waals surface area contributed by atoms with Gasteiger partial charge in [0.2, 0.25) is 0 Å². The molecule has 0 bridgehead atoms. The van der Waals surface area contributed by atoms with Gasteiger partial charge in [-0.25, -0.2) is 0 Å². The Morgan fingerprint density at radius 2 is 1.35 bits per heavy atom. The minimum atomic E-state index is 0. The third-order valence-electron chi connectivity index (χ3n) is 7.84. The second-order valence-corrected chi connectivity index (χ2v) is 11.0. The zero-order chi connectivity index (χ0) is 30.4. The van der Waals surface area contributed by atoms with Gasteiger partial charge in [-0.15, -0.1) is 59.7 Å². The van der Waals surface area contributed by atoms with E-state index in [4.69, 9.17) is 9.40 Å². The molecule has 0 aliphatic rings. The summed E-state index contributed by atoms with van der Waals surface area (Å²) in [4.78, 5) is 9.12. The third kappa shape index (κ3) is 6.89. The van der Waals surface area contributed by atoms with E-state index in [0.717, 1.165) is 56.4 Å². The average molecular weight is 771 g/mol. The van der Waals surface area contributed by atoms with Crippen LogP contribution in [-0.4, -0.2) is 9.97 Å². The molecule has 225 valence electrons. The number of furan rings is 1. The fourth-order valence-corrected chi connectivity index (χ4v) is 5.56. The first-order valence-electron chi connectivity index (χ1n) is 15.0. The van der Waals surface area contributed by atoms with Gasteiger partial charge < -0.3 is 14.4 Å². The van der Waals surface area contributed by atoms with Crippen molar-refractivity contribution in [2.75, 3.05) is 0 Å². The predicted octanol–water partition coefficient (Wildman–Crippen LogP) is 10.6. The molecule has 5 aromatic carbocycles. The number of pyridine rings is 2. The van der Waals surface area contributed by atoms with E-state index < -0.39 is 0 Å². The number of rotatable bonds is 5. The molecule has 8 aromatic rings. The van der Waals surface area contributed by atoms with Crippen LogP contribution in [0, 0.1) is 19.1 Å². The zero-order valence-corrected chi connectivity index (χ0v) is 27.7. The van der Waals surface area contributed by atoms with Crippen molar-refractivity contribution in [2.45, 2.75) is 13.3 Å². The Morgan fingerprint density at radius 3 is 2.13 bits per heavy atom. The van der Waals surface area contributed by atoms with Gasteiger partial charge in [0.15, 0.2) is 0 Å². The fraction of sp³-hybridized carbons (Fsp3) is 0.0476. The van der Waals surface area contributed by atoms with E-state index in [2.05, 4.69) is 103 Å². The van der Waals surface area contributed by atoms with Gasteiger partial charge in [-0.1, -0.05) is 96.4 Å². The van der Waals surface area contributed by atoms with Gasteiger partial charge in [-0.05, 0) is 59.1 Å². The first kappa shape index (κ1) is 30.9. The SMILES string of the molecule is Cc1cc(-c2[c-]cc3oc4ccccc4c3c2)ncc1-c1ccccc1.[Ir].[c-]1ccccc1-c1cc(Cc2ccccc2)ccn1. The molecule has 46 heavy (non-hydrogen) atoms. The molecule has 0 aliphatic heterocycles. The van der Waals surface area contributed by atoms with Crippen LogP contribution in [0.25, 0.3) is 55.6 Å². The van der Waals surface area contributed by atoms with Crippen LogP contribution in [-0.2, 0) is 26.5 Å². The maximum absolute atomic E-state index is 5.89. The van der Waals surface area contributed by atoms with Crippen molar-refractivity contribution >= 4 is 21.9 Å². The Balaban J connectivity index is 0.000000166. The smallest absolute Gasteiger partial charge is 0.120 e. The molecule has 3 aromatic heterocycles. The zero-order valence-electron chi connectivity index (χ0n) is 25.3. The summed E-state index contributed by atoms with van der Waals surface area (Å²) in [5, 5.41) is 2.22. The molecule has 0 atom stereocenters. The van der Waals surface area contributed by atoms with Crippen LogP contribution in [0.5, 0.6) is 0 Å². The maximum Gasteiger partial charge on any atom is 0.120 e. The predicted molar refractivity (Wildman–Crippen MR) is 184 cm³/mol. The first-order chi connectivity index (χ1) is 22.2. The van der Waals surface area contributed by atoms with Crippen LogP contribution in [0.2, 0.25) is 0 Å². The molecule has 0 N–H and O–H groups in total. The van der Waals surface area contributed by atoms with Gasteiger partial charge in [0, 0.05) is 43.4 Å². The van der Waals surface area contributed by atoms with E-state index >= 15 is 0 Å². The number of hydrogen-bond acceptors (Lipinski definition) is 3. The van der Waals surface area contributed by atoms with E-state index in [0.29, 0.717) is 0 Å². The summed E-state index contributed by atoms with van der Waals surface area (Å²) in [5.41, 5.74) is 11.8. The topological polar surface area (TPSA) is 38.9 Å². The van der Waals surface area contributed by atoms with Crippen molar-refractivity contribution in [1.29, 1.82) is 0 Å². The molecule has 4 heteroatoms. The number of aryl methyl sites for hydroxylation is 1. The summed E-state index contributed by atoms with van der Waals surface area (Å²) >= 11 is 0. The summed E-state index contributed by atoms with van der Waals surface area (Å²) in [5.74, 6) is 0. The van der Waals surface area contributed by atoms with Crippen molar-refractivity contribution in [3.8, 4) is 33.6 Å². The van der Waals surface area contributed by atoms with Crippen LogP contribution in [0.4, 0.5) is 0 Å². The number of aromatic nitrogens is 2. The Labute approximate surface area is 283 Å². The second kappa shape index (κ2) is 14.3. The second-order valence-electron chi connectivity index (χ2n) is 11.0. The van der Waals surface area contributed by atoms with Crippen molar-refractivity contribution in [3.63, 3.8) is 0 Å². The molecule has 3 nitrogen and oxygen atoms in total. The number of benzene rings is 5. The monoisotopic (exact) mass is 771 g/mol. The Kier molecular flexibility index (Phi) is 9.59. The minimum Gasteiger partial charge on any atom is -0.500 e. The molecular formula is C42H30IrN2O-2. The van der Waals surface area contributed by atoms with Crippen molar-refractivity contribution in [2.24, 2.45) is 0 Å². The molecule has 0 saturated carbocycles. The summed E-state index contributed by atoms with van der Waals surface area (Å²) in [6.07, 6.45) is 4.75. The molecule has 3 heterocycles. The van der Waals surface area contributed by atoms with Crippen molar-refractivity contribution in [3.05, 3.63) is 181 Å². The normalized spacial score (nSPS) is 10.6. The van der Waals surface area contributed by atoms with Crippen LogP contribution in [0.1, 0.15) is 16.7 Å². The van der Waals surface area contributed by atoms with E-state index in [-0.39, 0.29) is 20.1 Å². The summed E-state index contributed by atoms with van der Waals surface area (Å²) in [6, 6.07) is 53.8. The molecule has 0 unspecified atom stereocenters. The maximum atomic E-state index is 5.89. The van der Waals surface area contributed by atoms with Gasteiger partial charge in [0.1, 0.15) is 5.58 Å². The van der Waals surface area contributed by atoms with Gasteiger partial charge in [0.25, 0.3) is 0 Å². The minimum absolute atomic E-state index is 0. The van der Waals surface area contributed by atoms with Gasteiger partial charge in [-0.2, -0.15) is 0 Å². The number of nitrogens with zero attached hydrogens (tertiary/aromatic N) is 2. The molecule has 0 aliphatic carbocycles. The van der Waals surface area contributed by atoms with Crippen LogP contribution < -0.4 is 0 Å². The van der Waals surface area contributed by atoms with Crippen molar-refractivity contribution < 1.29 is 24.5 Å². The summed E-state index contributed by atoms with van der Waals surface area (Å²) in [6.45, 7) is 2.12. The van der Waals surface area contributed by atoms with Gasteiger partial charge in [0.05, 0.1) is 5.58 Å². The number of para-hydroxylation sites is 1. The Bertz CT molecular complexity index is 2190. The summed E-state index contributed by atoms with van der Waals surface area (Å²) in [7, 11) is 0. The van der Waals surface area contributed by atoms with Crippen LogP contribution in [0.15, 0.2) is 156 Å². The standard InChI is InChI=1S/C24H16NO.C18H14N.Ir/c1-16-13-22(25-15-21(16)17-7-3-2-4-8-17)18-11-12-24-20(14-18)19-9-5-6-10-23(19)26-24;1-3-7-15(8-4-1)13-16-11-12-19-18(14-16)17-9-5-2-6-10-17;/h2-10,12-15H,1H3;1-9,11-12,14H,13H2;/q2*-1;. The molecule has 8 rings (SSSR count). The Hall–Kier alpha value is -5.15. The van der Waals surface area contributed by atoms with Gasteiger partial charge >= 0.3 is 0 Å². The first-order valence-corrected chi connectivity index (χ1v) is 15.0. The number of fused-ring (bicyclic) bond motifs is 3. The molecule has 0 spiro atoms. The largest absolute Gasteiger partial charge is 0.500 e. The van der Waals surface area contributed by atoms with E-state index in [1.54, 1.807) is 0 Å². The molecule has 0 amide bonds. The average Bonchev–Trinajstić information content (AvgIpc) is 3.48. The van der Waals surface area contributed by atoms with E-state index in [1.807, 2.05) is 73.1 Å². The fourth-order valence-electron chi connectivity index (χ4n) is 5.56. The third-order valence-corrected chi connectivity index (χ3v) is 7.84. The van der Waals surface area contributed by atoms with Gasteiger partial charge in [-0.3, -0.25) is 0 Å². The Morgan fingerprint density at radius 1 is 0.609 bits per heavy atom. The molecule has 0 fully saturated rings. The molecular weight excluding hydrogens is 741 g/mol.